The van der Waals surface area contributed by atoms with Gasteiger partial charge in [0.2, 0.25) is 0 Å². The molecule has 0 radical (unpaired) electrons. The molecule has 0 amide bonds. The Hall–Kier alpha value is -1.99. The first-order valence-electron chi connectivity index (χ1n) is 5.25. The van der Waals surface area contributed by atoms with E-state index in [0.717, 1.165) is 16.8 Å². The Morgan fingerprint density at radius 3 is 2.78 bits per heavy atom. The Morgan fingerprint density at radius 1 is 1.44 bits per heavy atom. The molecule has 1 aromatic heterocycles. The lowest BCUT2D eigenvalue weighted by Crippen LogP contribution is -2.38. The summed E-state index contributed by atoms with van der Waals surface area (Å²) in [5.74, 6) is 0. The lowest BCUT2D eigenvalue weighted by molar-refractivity contribution is -0.104. The number of nitrogens with zero attached hydrogens (tertiary/aromatic N) is 2. The van der Waals surface area contributed by atoms with Gasteiger partial charge in [0.1, 0.15) is 13.0 Å². The van der Waals surface area contributed by atoms with E-state index in [0.29, 0.717) is 11.8 Å². The molecule has 1 aromatic rings. The minimum Gasteiger partial charge on any atom is -0.394 e. The highest BCUT2D eigenvalue weighted by atomic mass is 16.5. The molecule has 98 valence electrons. The smallest absolute Gasteiger partial charge is 0.337 e. The molecule has 0 aliphatic heterocycles. The first-order chi connectivity index (χ1) is 8.61. The summed E-state index contributed by atoms with van der Waals surface area (Å²) in [5.41, 5.74) is -0.754. The van der Waals surface area contributed by atoms with Gasteiger partial charge >= 0.3 is 5.69 Å². The molecule has 1 rings (SSSR count). The van der Waals surface area contributed by atoms with Crippen LogP contribution in [0.15, 0.2) is 21.9 Å². The normalized spacial score (nSPS) is 11.0. The minimum absolute atomic E-state index is 0.0740. The first-order valence-corrected chi connectivity index (χ1v) is 5.25. The molecule has 7 heteroatoms. The van der Waals surface area contributed by atoms with Gasteiger partial charge in [-0.25, -0.2) is 9.36 Å². The van der Waals surface area contributed by atoms with Crippen molar-refractivity contribution in [2.75, 3.05) is 13.2 Å². The van der Waals surface area contributed by atoms with Gasteiger partial charge in [0.25, 0.3) is 5.56 Å². The fourth-order valence-corrected chi connectivity index (χ4v) is 1.33. The van der Waals surface area contributed by atoms with Crippen LogP contribution in [0.2, 0.25) is 0 Å². The second kappa shape index (κ2) is 6.67. The molecule has 0 saturated heterocycles. The molecule has 1 N–H and O–H groups in total. The van der Waals surface area contributed by atoms with Crippen LogP contribution < -0.4 is 11.2 Å². The van der Waals surface area contributed by atoms with Gasteiger partial charge in [0.05, 0.1) is 13.2 Å². The largest absolute Gasteiger partial charge is 0.394 e. The van der Waals surface area contributed by atoms with Gasteiger partial charge in [-0.1, -0.05) is 0 Å². The van der Waals surface area contributed by atoms with E-state index in [1.165, 1.54) is 10.8 Å². The lowest BCUT2D eigenvalue weighted by Gasteiger charge is -2.09. The van der Waals surface area contributed by atoms with Gasteiger partial charge in [-0.05, 0) is 13.0 Å². The van der Waals surface area contributed by atoms with Crippen molar-refractivity contribution in [2.45, 2.75) is 13.7 Å². The third-order valence-corrected chi connectivity index (χ3v) is 2.14. The fourth-order valence-electron chi connectivity index (χ4n) is 1.33. The maximum atomic E-state index is 11.9. The van der Waals surface area contributed by atoms with Crippen LogP contribution in [0.4, 0.5) is 0 Å². The highest BCUT2D eigenvalue weighted by Crippen LogP contribution is 1.89. The van der Waals surface area contributed by atoms with Gasteiger partial charge in [0.15, 0.2) is 0 Å². The summed E-state index contributed by atoms with van der Waals surface area (Å²) in [7, 11) is 0. The molecule has 0 aromatic carbocycles. The third-order valence-electron chi connectivity index (χ3n) is 2.14. The van der Waals surface area contributed by atoms with Crippen molar-refractivity contribution in [3.8, 4) is 0 Å². The summed E-state index contributed by atoms with van der Waals surface area (Å²) in [5, 5.41) is 8.57. The van der Waals surface area contributed by atoms with Crippen molar-refractivity contribution in [3.63, 3.8) is 0 Å². The number of aliphatic hydroxyl groups excluding tert-OH is 1. The molecular weight excluding hydrogens is 240 g/mol. The van der Waals surface area contributed by atoms with E-state index in [-0.39, 0.29) is 19.9 Å². The molecule has 0 spiro atoms. The number of aldehydes is 1. The van der Waals surface area contributed by atoms with E-state index in [1.54, 1.807) is 6.92 Å². The van der Waals surface area contributed by atoms with Crippen molar-refractivity contribution in [3.05, 3.63) is 38.7 Å². The Bertz CT molecular complexity index is 556. The quantitative estimate of drug-likeness (QED) is 0.397. The van der Waals surface area contributed by atoms with Crippen molar-refractivity contribution in [1.82, 2.24) is 9.13 Å². The topological polar surface area (TPSA) is 90.5 Å². The number of aryl methyl sites for hydroxylation is 1. The molecule has 0 bridgehead atoms. The van der Waals surface area contributed by atoms with E-state index < -0.39 is 11.2 Å². The maximum absolute atomic E-state index is 11.9. The monoisotopic (exact) mass is 254 g/mol. The summed E-state index contributed by atoms with van der Waals surface area (Å²) in [6.07, 6.45) is 4.00. The predicted octanol–water partition coefficient (Wildman–Crippen LogP) is -1.05. The number of hydrogen-bond donors (Lipinski definition) is 1. The van der Waals surface area contributed by atoms with Crippen LogP contribution in [0, 0.1) is 6.92 Å². The SMILES string of the molecule is Cc1cn(COCCO)c(=O)n(/C=C/C=O)c1=O. The Balaban J connectivity index is 3.18. The molecule has 0 atom stereocenters. The van der Waals surface area contributed by atoms with E-state index >= 15 is 0 Å². The average Bonchev–Trinajstić information content (AvgIpc) is 2.36. The van der Waals surface area contributed by atoms with Crippen LogP contribution in [0.1, 0.15) is 5.56 Å². The van der Waals surface area contributed by atoms with Crippen molar-refractivity contribution in [1.29, 1.82) is 0 Å². The Labute approximate surface area is 103 Å². The minimum atomic E-state index is -0.610. The van der Waals surface area contributed by atoms with Crippen LogP contribution >= 0.6 is 0 Å². The van der Waals surface area contributed by atoms with Crippen LogP contribution in [0.25, 0.3) is 6.20 Å². The van der Waals surface area contributed by atoms with Gasteiger partial charge in [0, 0.05) is 18.0 Å². The van der Waals surface area contributed by atoms with Gasteiger partial charge in [-0.2, -0.15) is 0 Å². The van der Waals surface area contributed by atoms with E-state index in [9.17, 15) is 14.4 Å². The third kappa shape index (κ3) is 3.25. The Kier molecular flexibility index (Phi) is 5.22. The molecule has 0 fully saturated rings. The number of aliphatic hydroxyl groups is 1. The molecule has 0 aliphatic carbocycles. The second-order valence-electron chi connectivity index (χ2n) is 3.48. The van der Waals surface area contributed by atoms with E-state index in [4.69, 9.17) is 9.84 Å². The number of carbonyl (C=O) groups is 1. The summed E-state index contributed by atoms with van der Waals surface area (Å²) >= 11 is 0. The highest BCUT2D eigenvalue weighted by Gasteiger charge is 2.06. The highest BCUT2D eigenvalue weighted by molar-refractivity contribution is 5.69. The maximum Gasteiger partial charge on any atom is 0.337 e. The molecule has 0 saturated carbocycles. The van der Waals surface area contributed by atoms with Crippen molar-refractivity contribution >= 4 is 12.5 Å². The van der Waals surface area contributed by atoms with Gasteiger partial charge in [-0.15, -0.1) is 0 Å². The average molecular weight is 254 g/mol. The summed E-state index contributed by atoms with van der Waals surface area (Å²) in [4.78, 5) is 33.8. The predicted molar refractivity (Wildman–Crippen MR) is 64.1 cm³/mol. The Morgan fingerprint density at radius 2 is 2.17 bits per heavy atom. The van der Waals surface area contributed by atoms with Crippen LogP contribution in [0.5, 0.6) is 0 Å². The van der Waals surface area contributed by atoms with Gasteiger partial charge < -0.3 is 9.84 Å². The summed E-state index contributed by atoms with van der Waals surface area (Å²) in [6.45, 7) is 1.41. The lowest BCUT2D eigenvalue weighted by atomic mass is 10.4. The molecule has 0 aliphatic rings. The first kappa shape index (κ1) is 14.1. The number of rotatable bonds is 6. The molecule has 18 heavy (non-hydrogen) atoms. The summed E-state index contributed by atoms with van der Waals surface area (Å²) in [6, 6.07) is 0. The number of hydrogen-bond acceptors (Lipinski definition) is 5. The van der Waals surface area contributed by atoms with Crippen molar-refractivity contribution < 1.29 is 14.6 Å². The molecule has 0 unspecified atom stereocenters. The zero-order valence-corrected chi connectivity index (χ0v) is 9.91. The van der Waals surface area contributed by atoms with Crippen molar-refractivity contribution in [2.24, 2.45) is 0 Å². The summed E-state index contributed by atoms with van der Waals surface area (Å²) < 4.78 is 7.02. The fraction of sp³-hybridized carbons (Fsp3) is 0.364. The van der Waals surface area contributed by atoms with Crippen LogP contribution in [-0.4, -0.2) is 33.7 Å². The molecular formula is C11H14N2O5. The van der Waals surface area contributed by atoms with Gasteiger partial charge in [-0.3, -0.25) is 14.2 Å². The number of allylic oxidation sites excluding steroid dienone is 1. The van der Waals surface area contributed by atoms with E-state index in [2.05, 4.69) is 0 Å². The van der Waals surface area contributed by atoms with E-state index in [1.807, 2.05) is 0 Å². The molecule has 1 heterocycles. The second-order valence-corrected chi connectivity index (χ2v) is 3.48. The standard InChI is InChI=1S/C11H14N2O5/c1-9-7-12(8-18-6-5-15)11(17)13(10(9)16)3-2-4-14/h2-4,7,15H,5-6,8H2,1H3/b3-2+. The zero-order valence-electron chi connectivity index (χ0n) is 9.91. The number of carbonyl (C=O) groups excluding carboxylic acids is 1. The number of aromatic nitrogens is 2. The zero-order chi connectivity index (χ0) is 13.5. The van der Waals surface area contributed by atoms with Crippen LogP contribution in [-0.2, 0) is 16.3 Å². The molecule has 7 nitrogen and oxygen atoms in total. The van der Waals surface area contributed by atoms with Crippen LogP contribution in [0.3, 0.4) is 0 Å². The number of ether oxygens (including phenoxy) is 1.